The third kappa shape index (κ3) is 6.02. The molecular weight excluding hydrogens is 340 g/mol. The van der Waals surface area contributed by atoms with Crippen LogP contribution < -0.4 is 0 Å². The Balaban J connectivity index is 3.01. The minimum absolute atomic E-state index is 0.0119. The van der Waals surface area contributed by atoms with E-state index in [1.165, 1.54) is 40.5 Å². The second-order valence-corrected chi connectivity index (χ2v) is 5.96. The summed E-state index contributed by atoms with van der Waals surface area (Å²) >= 11 is 0. The maximum absolute atomic E-state index is 11.7. The van der Waals surface area contributed by atoms with Gasteiger partial charge in [-0.15, -0.1) is 0 Å². The van der Waals surface area contributed by atoms with Gasteiger partial charge in [-0.05, 0) is 26.7 Å². The number of rotatable bonds is 6. The van der Waals surface area contributed by atoms with E-state index in [-0.39, 0.29) is 34.7 Å². The topological polar surface area (TPSA) is 118 Å². The smallest absolute Gasteiger partial charge is 0.342 e. The van der Waals surface area contributed by atoms with Crippen molar-refractivity contribution < 1.29 is 29.3 Å². The molecule has 1 rings (SSSR count). The zero-order valence-corrected chi connectivity index (χ0v) is 15.6. The van der Waals surface area contributed by atoms with Crippen molar-refractivity contribution in [2.75, 3.05) is 14.2 Å². The molecule has 26 heavy (non-hydrogen) atoms. The Hall–Kier alpha value is -2.64. The van der Waals surface area contributed by atoms with E-state index in [1.54, 1.807) is 0 Å². The molecule has 8 heteroatoms. The molecule has 2 N–H and O–H groups in total. The van der Waals surface area contributed by atoms with Crippen LogP contribution in [-0.2, 0) is 19.1 Å². The molecule has 0 heterocycles. The minimum atomic E-state index is -0.670. The normalized spacial score (nSPS) is 22.8. The Morgan fingerprint density at radius 3 is 1.46 bits per heavy atom. The summed E-state index contributed by atoms with van der Waals surface area (Å²) in [7, 11) is 2.45. The molecular formula is C18H26N2O6. The zero-order valence-electron chi connectivity index (χ0n) is 15.6. The number of allylic oxidation sites excluding steroid dienone is 2. The Morgan fingerprint density at radius 2 is 1.19 bits per heavy atom. The molecule has 0 bridgehead atoms. The summed E-state index contributed by atoms with van der Waals surface area (Å²) in [6.07, 6.45) is 6.03. The predicted molar refractivity (Wildman–Crippen MR) is 97.7 cm³/mol. The second kappa shape index (κ2) is 10.4. The van der Waals surface area contributed by atoms with Crippen LogP contribution in [0.1, 0.15) is 39.5 Å². The van der Waals surface area contributed by atoms with Gasteiger partial charge >= 0.3 is 11.9 Å². The van der Waals surface area contributed by atoms with Crippen LogP contribution in [0.2, 0.25) is 0 Å². The highest BCUT2D eigenvalue weighted by molar-refractivity contribution is 6.10. The number of methoxy groups -OCH3 is 2. The van der Waals surface area contributed by atoms with E-state index < -0.39 is 11.9 Å². The van der Waals surface area contributed by atoms with Crippen molar-refractivity contribution in [1.29, 1.82) is 0 Å². The number of aliphatic imine (C=N–C) groups is 2. The standard InChI is InChI=1S/C18H26N2O6/c1-11(21)13(17(23)25-3)9-19-15-7-5-6-8-16(15)20-10-14(12(2)22)18(24)26-4/h9-10,15-16,21-22H,5-8H2,1-4H3/b13-11+,14-12+,19-9+,20-10+/t15-,16-/m1/s1. The number of hydrogen-bond acceptors (Lipinski definition) is 8. The lowest BCUT2D eigenvalue weighted by molar-refractivity contribution is -0.136. The zero-order chi connectivity index (χ0) is 19.7. The molecule has 0 unspecified atom stereocenters. The van der Waals surface area contributed by atoms with Gasteiger partial charge in [0.05, 0.1) is 26.3 Å². The molecule has 0 aromatic heterocycles. The predicted octanol–water partition coefficient (Wildman–Crippen LogP) is 2.45. The number of nitrogens with zero attached hydrogens (tertiary/aromatic N) is 2. The number of aliphatic hydroxyl groups is 2. The van der Waals surface area contributed by atoms with E-state index in [0.717, 1.165) is 25.7 Å². The Labute approximate surface area is 152 Å². The molecule has 0 spiro atoms. The molecule has 1 aliphatic rings. The van der Waals surface area contributed by atoms with Gasteiger partial charge in [0.15, 0.2) is 0 Å². The number of esters is 2. The van der Waals surface area contributed by atoms with Crippen molar-refractivity contribution >= 4 is 24.4 Å². The largest absolute Gasteiger partial charge is 0.512 e. The molecule has 1 aliphatic carbocycles. The van der Waals surface area contributed by atoms with Crippen molar-refractivity contribution in [3.63, 3.8) is 0 Å². The summed E-state index contributed by atoms with van der Waals surface area (Å²) in [5, 5.41) is 19.2. The fraction of sp³-hybridized carbons (Fsp3) is 0.556. The van der Waals surface area contributed by atoms with Crippen LogP contribution >= 0.6 is 0 Å². The first-order valence-corrected chi connectivity index (χ1v) is 8.34. The Kier molecular flexibility index (Phi) is 8.54. The molecule has 1 saturated carbocycles. The highest BCUT2D eigenvalue weighted by atomic mass is 16.5. The summed E-state index contributed by atoms with van der Waals surface area (Å²) in [5.74, 6) is -1.69. The molecule has 144 valence electrons. The molecule has 0 aromatic rings. The second-order valence-electron chi connectivity index (χ2n) is 5.96. The third-order valence-corrected chi connectivity index (χ3v) is 4.07. The van der Waals surface area contributed by atoms with E-state index in [0.29, 0.717) is 0 Å². The highest BCUT2D eigenvalue weighted by Gasteiger charge is 2.24. The first-order chi connectivity index (χ1) is 12.3. The van der Waals surface area contributed by atoms with Gasteiger partial charge in [0.2, 0.25) is 0 Å². The van der Waals surface area contributed by atoms with Crippen LogP contribution in [0.4, 0.5) is 0 Å². The fourth-order valence-corrected chi connectivity index (χ4v) is 2.59. The maximum Gasteiger partial charge on any atom is 0.342 e. The van der Waals surface area contributed by atoms with E-state index in [1.807, 2.05) is 0 Å². The van der Waals surface area contributed by atoms with Crippen molar-refractivity contribution in [1.82, 2.24) is 0 Å². The van der Waals surface area contributed by atoms with Gasteiger partial charge in [0.25, 0.3) is 0 Å². The summed E-state index contributed by atoms with van der Waals surface area (Å²) in [5.41, 5.74) is -0.0238. The van der Waals surface area contributed by atoms with E-state index in [4.69, 9.17) is 0 Å². The van der Waals surface area contributed by atoms with Gasteiger partial charge < -0.3 is 19.7 Å². The number of aliphatic hydroxyl groups excluding tert-OH is 2. The lowest BCUT2D eigenvalue weighted by Gasteiger charge is -2.25. The van der Waals surface area contributed by atoms with E-state index in [9.17, 15) is 19.8 Å². The number of hydrogen-bond donors (Lipinski definition) is 2. The molecule has 0 amide bonds. The van der Waals surface area contributed by atoms with Crippen molar-refractivity contribution in [2.24, 2.45) is 9.98 Å². The SMILES string of the molecule is COC(=O)C(/C=N/[C@@H]1CCCC[C@H]1/N=C/C(C(=O)OC)=C(/C)O)=C(\C)O. The molecule has 0 aromatic carbocycles. The van der Waals surface area contributed by atoms with Crippen LogP contribution in [0.25, 0.3) is 0 Å². The van der Waals surface area contributed by atoms with Crippen molar-refractivity contribution in [2.45, 2.75) is 51.6 Å². The number of carbonyl (C=O) groups is 2. The van der Waals surface area contributed by atoms with Gasteiger partial charge in [-0.2, -0.15) is 0 Å². The Morgan fingerprint density at radius 1 is 0.846 bits per heavy atom. The van der Waals surface area contributed by atoms with Crippen LogP contribution in [0.15, 0.2) is 32.6 Å². The van der Waals surface area contributed by atoms with Gasteiger partial charge in [-0.25, -0.2) is 9.59 Å². The molecule has 8 nitrogen and oxygen atoms in total. The summed E-state index contributed by atoms with van der Waals surface area (Å²) in [4.78, 5) is 32.1. The van der Waals surface area contributed by atoms with Gasteiger partial charge in [0.1, 0.15) is 22.7 Å². The van der Waals surface area contributed by atoms with E-state index >= 15 is 0 Å². The first-order valence-electron chi connectivity index (χ1n) is 8.34. The molecule has 1 fully saturated rings. The lowest BCUT2D eigenvalue weighted by atomic mass is 9.91. The molecule has 2 atom stereocenters. The molecule has 0 radical (unpaired) electrons. The number of carbonyl (C=O) groups excluding carboxylic acids is 2. The van der Waals surface area contributed by atoms with Crippen molar-refractivity contribution in [3.8, 4) is 0 Å². The molecule has 0 saturated heterocycles. The highest BCUT2D eigenvalue weighted by Crippen LogP contribution is 2.24. The quantitative estimate of drug-likeness (QED) is 0.323. The van der Waals surface area contributed by atoms with Crippen LogP contribution in [0, 0.1) is 0 Å². The third-order valence-electron chi connectivity index (χ3n) is 4.07. The van der Waals surface area contributed by atoms with Crippen LogP contribution in [-0.4, -0.2) is 60.9 Å². The van der Waals surface area contributed by atoms with Gasteiger partial charge in [-0.1, -0.05) is 12.8 Å². The first kappa shape index (κ1) is 21.4. The summed E-state index contributed by atoms with van der Waals surface area (Å²) in [6.45, 7) is 2.76. The van der Waals surface area contributed by atoms with Crippen LogP contribution in [0.5, 0.6) is 0 Å². The summed E-state index contributed by atoms with van der Waals surface area (Å²) < 4.78 is 9.24. The lowest BCUT2D eigenvalue weighted by Crippen LogP contribution is -2.28. The van der Waals surface area contributed by atoms with Crippen LogP contribution in [0.3, 0.4) is 0 Å². The Bertz CT molecular complexity index is 584. The van der Waals surface area contributed by atoms with Gasteiger partial charge in [0, 0.05) is 12.4 Å². The molecule has 0 aliphatic heterocycles. The minimum Gasteiger partial charge on any atom is -0.512 e. The fourth-order valence-electron chi connectivity index (χ4n) is 2.59. The summed E-state index contributed by atoms with van der Waals surface area (Å²) in [6, 6.07) is -0.422. The maximum atomic E-state index is 11.7. The number of ether oxygens (including phenoxy) is 2. The monoisotopic (exact) mass is 366 g/mol. The van der Waals surface area contributed by atoms with E-state index in [2.05, 4.69) is 19.5 Å². The van der Waals surface area contributed by atoms with Gasteiger partial charge in [-0.3, -0.25) is 9.98 Å². The average molecular weight is 366 g/mol. The average Bonchev–Trinajstić information content (AvgIpc) is 2.61. The van der Waals surface area contributed by atoms with Crippen molar-refractivity contribution in [3.05, 3.63) is 22.7 Å².